The molecule has 28 heavy (non-hydrogen) atoms. The van der Waals surface area contributed by atoms with Gasteiger partial charge in [0.25, 0.3) is 5.91 Å². The maximum absolute atomic E-state index is 12.7. The van der Waals surface area contributed by atoms with E-state index in [1.807, 2.05) is 18.3 Å². The lowest BCUT2D eigenvalue weighted by atomic mass is 10.1. The first-order chi connectivity index (χ1) is 13.7. The minimum Gasteiger partial charge on any atom is -0.370 e. The zero-order valence-electron chi connectivity index (χ0n) is 15.5. The van der Waals surface area contributed by atoms with Crippen molar-refractivity contribution in [3.63, 3.8) is 0 Å². The molecule has 2 amide bonds. The number of anilines is 1. The summed E-state index contributed by atoms with van der Waals surface area (Å²) in [6.07, 6.45) is 5.09. The molecule has 8 nitrogen and oxygen atoms in total. The molecule has 0 unspecified atom stereocenters. The maximum Gasteiger partial charge on any atom is 0.272 e. The predicted octanol–water partition coefficient (Wildman–Crippen LogP) is 1.53. The number of aromatic amines is 1. The number of H-pyrrole nitrogens is 1. The van der Waals surface area contributed by atoms with Crippen LogP contribution in [0.15, 0.2) is 42.9 Å². The molecule has 0 atom stereocenters. The first-order valence-electron chi connectivity index (χ1n) is 9.34. The molecule has 1 saturated heterocycles. The second-order valence-electron chi connectivity index (χ2n) is 6.76. The Morgan fingerprint density at radius 2 is 2.00 bits per heavy atom. The molecular formula is C20H22N6O2. The number of hydrogen-bond donors (Lipinski definition) is 2. The molecule has 1 aromatic carbocycles. The highest BCUT2D eigenvalue weighted by molar-refractivity contribution is 5.93. The number of piperazine rings is 1. The molecule has 1 fully saturated rings. The van der Waals surface area contributed by atoms with E-state index in [0.29, 0.717) is 44.2 Å². The summed E-state index contributed by atoms with van der Waals surface area (Å²) in [5.74, 6) is 0.498. The van der Waals surface area contributed by atoms with E-state index in [1.54, 1.807) is 15.9 Å². The number of carbonyl (C=O) groups excluding carboxylic acids is 2. The summed E-state index contributed by atoms with van der Waals surface area (Å²) >= 11 is 0. The van der Waals surface area contributed by atoms with E-state index in [0.717, 1.165) is 18.3 Å². The average Bonchev–Trinajstić information content (AvgIpc) is 3.17. The van der Waals surface area contributed by atoms with Gasteiger partial charge in [-0.05, 0) is 18.1 Å². The van der Waals surface area contributed by atoms with Gasteiger partial charge in [0.2, 0.25) is 6.41 Å². The third-order valence-electron chi connectivity index (χ3n) is 5.01. The summed E-state index contributed by atoms with van der Waals surface area (Å²) in [6, 6.07) is 9.89. The highest BCUT2D eigenvalue weighted by atomic mass is 16.2. The third-order valence-corrected chi connectivity index (χ3v) is 5.01. The highest BCUT2D eigenvalue weighted by Gasteiger charge is 2.22. The monoisotopic (exact) mass is 378 g/mol. The Morgan fingerprint density at radius 1 is 1.18 bits per heavy atom. The van der Waals surface area contributed by atoms with Crippen LogP contribution < -0.4 is 5.32 Å². The SMILES string of the molecule is O=CN1CCN(C(=O)c2cc(NCCc3c[nH]c4ccccc34)ncn2)CC1. The number of hydrogen-bond acceptors (Lipinski definition) is 5. The standard InChI is InChI=1S/C20H22N6O2/c27-14-25-7-9-26(10-8-25)20(28)18-11-19(24-13-23-18)21-6-5-15-12-22-17-4-2-1-3-16(15)17/h1-4,11-14,22H,5-10H2,(H,21,23,24). The van der Waals surface area contributed by atoms with Crippen LogP contribution in [0.25, 0.3) is 10.9 Å². The fourth-order valence-corrected chi connectivity index (χ4v) is 3.43. The fourth-order valence-electron chi connectivity index (χ4n) is 3.43. The molecule has 0 saturated carbocycles. The lowest BCUT2D eigenvalue weighted by Gasteiger charge is -2.32. The zero-order valence-corrected chi connectivity index (χ0v) is 15.5. The van der Waals surface area contributed by atoms with Gasteiger partial charge in [-0.1, -0.05) is 18.2 Å². The summed E-state index contributed by atoms with van der Waals surface area (Å²) in [5, 5.41) is 4.49. The molecule has 4 rings (SSSR count). The van der Waals surface area contributed by atoms with E-state index >= 15 is 0 Å². The molecule has 2 N–H and O–H groups in total. The van der Waals surface area contributed by atoms with Crippen LogP contribution >= 0.6 is 0 Å². The topological polar surface area (TPSA) is 94.2 Å². The summed E-state index contributed by atoms with van der Waals surface area (Å²) in [7, 11) is 0. The fraction of sp³-hybridized carbons (Fsp3) is 0.300. The van der Waals surface area contributed by atoms with Crippen LogP contribution in [-0.2, 0) is 11.2 Å². The Morgan fingerprint density at radius 3 is 2.82 bits per heavy atom. The van der Waals surface area contributed by atoms with Crippen molar-refractivity contribution in [1.29, 1.82) is 0 Å². The van der Waals surface area contributed by atoms with Crippen LogP contribution in [0.4, 0.5) is 5.82 Å². The van der Waals surface area contributed by atoms with Crippen LogP contribution in [0, 0.1) is 0 Å². The van der Waals surface area contributed by atoms with E-state index in [2.05, 4.69) is 32.4 Å². The number of nitrogens with one attached hydrogen (secondary N) is 2. The second-order valence-corrected chi connectivity index (χ2v) is 6.76. The number of amides is 2. The van der Waals surface area contributed by atoms with Crippen molar-refractivity contribution >= 4 is 29.0 Å². The highest BCUT2D eigenvalue weighted by Crippen LogP contribution is 2.18. The second kappa shape index (κ2) is 8.08. The van der Waals surface area contributed by atoms with Gasteiger partial charge in [0.15, 0.2) is 0 Å². The molecule has 3 aromatic rings. The van der Waals surface area contributed by atoms with E-state index in [-0.39, 0.29) is 5.91 Å². The average molecular weight is 378 g/mol. The van der Waals surface area contributed by atoms with E-state index in [1.165, 1.54) is 17.3 Å². The summed E-state index contributed by atoms with van der Waals surface area (Å²) in [6.45, 7) is 2.84. The smallest absolute Gasteiger partial charge is 0.272 e. The molecular weight excluding hydrogens is 356 g/mol. The number of carbonyl (C=O) groups is 2. The van der Waals surface area contributed by atoms with Gasteiger partial charge >= 0.3 is 0 Å². The minimum atomic E-state index is -0.132. The Bertz CT molecular complexity index is 977. The van der Waals surface area contributed by atoms with Gasteiger partial charge in [-0.2, -0.15) is 0 Å². The third kappa shape index (κ3) is 3.80. The quantitative estimate of drug-likeness (QED) is 0.635. The molecule has 0 aliphatic carbocycles. The number of rotatable bonds is 6. The molecule has 3 heterocycles. The molecule has 0 spiro atoms. The Balaban J connectivity index is 1.36. The van der Waals surface area contributed by atoms with Gasteiger partial charge in [0, 0.05) is 55.9 Å². The van der Waals surface area contributed by atoms with Crippen molar-refractivity contribution in [2.75, 3.05) is 38.0 Å². The van der Waals surface area contributed by atoms with Crippen LogP contribution in [0.3, 0.4) is 0 Å². The molecule has 144 valence electrons. The summed E-state index contributed by atoms with van der Waals surface area (Å²) in [5.41, 5.74) is 2.73. The predicted molar refractivity (Wildman–Crippen MR) is 106 cm³/mol. The summed E-state index contributed by atoms with van der Waals surface area (Å²) in [4.78, 5) is 38.5. The van der Waals surface area contributed by atoms with Crippen molar-refractivity contribution in [2.24, 2.45) is 0 Å². The molecule has 2 aromatic heterocycles. The Kier molecular flexibility index (Phi) is 5.18. The number of benzene rings is 1. The van der Waals surface area contributed by atoms with Gasteiger partial charge in [0.05, 0.1) is 0 Å². The van der Waals surface area contributed by atoms with Gasteiger partial charge in [-0.3, -0.25) is 9.59 Å². The van der Waals surface area contributed by atoms with Crippen molar-refractivity contribution < 1.29 is 9.59 Å². The molecule has 0 radical (unpaired) electrons. The lowest BCUT2D eigenvalue weighted by molar-refractivity contribution is -0.119. The van der Waals surface area contributed by atoms with Gasteiger partial charge < -0.3 is 20.1 Å². The van der Waals surface area contributed by atoms with E-state index in [9.17, 15) is 9.59 Å². The van der Waals surface area contributed by atoms with Crippen molar-refractivity contribution in [3.05, 3.63) is 54.1 Å². The number of aromatic nitrogens is 3. The molecule has 1 aliphatic heterocycles. The molecule has 8 heteroatoms. The van der Waals surface area contributed by atoms with Crippen LogP contribution in [0.1, 0.15) is 16.1 Å². The van der Waals surface area contributed by atoms with E-state index in [4.69, 9.17) is 0 Å². The molecule has 1 aliphatic rings. The van der Waals surface area contributed by atoms with E-state index < -0.39 is 0 Å². The van der Waals surface area contributed by atoms with Crippen LogP contribution in [-0.4, -0.2) is 69.8 Å². The molecule has 0 bridgehead atoms. The number of fused-ring (bicyclic) bond motifs is 1. The van der Waals surface area contributed by atoms with Crippen LogP contribution in [0.5, 0.6) is 0 Å². The Hall–Kier alpha value is -3.42. The largest absolute Gasteiger partial charge is 0.370 e. The first kappa shape index (κ1) is 18.0. The minimum absolute atomic E-state index is 0.132. The lowest BCUT2D eigenvalue weighted by Crippen LogP contribution is -2.48. The normalized spacial score (nSPS) is 14.3. The van der Waals surface area contributed by atoms with Gasteiger partial charge in [0.1, 0.15) is 17.8 Å². The van der Waals surface area contributed by atoms with Crippen LogP contribution in [0.2, 0.25) is 0 Å². The Labute approximate surface area is 162 Å². The van der Waals surface area contributed by atoms with Gasteiger partial charge in [-0.25, -0.2) is 9.97 Å². The number of para-hydroxylation sites is 1. The maximum atomic E-state index is 12.7. The summed E-state index contributed by atoms with van der Waals surface area (Å²) < 4.78 is 0. The zero-order chi connectivity index (χ0) is 19.3. The van der Waals surface area contributed by atoms with Gasteiger partial charge in [-0.15, -0.1) is 0 Å². The first-order valence-corrected chi connectivity index (χ1v) is 9.34. The number of nitrogens with zero attached hydrogens (tertiary/aromatic N) is 4. The van der Waals surface area contributed by atoms with Crippen molar-refractivity contribution in [2.45, 2.75) is 6.42 Å². The van der Waals surface area contributed by atoms with Crippen molar-refractivity contribution in [1.82, 2.24) is 24.8 Å². The van der Waals surface area contributed by atoms with Crippen molar-refractivity contribution in [3.8, 4) is 0 Å².